The van der Waals surface area contributed by atoms with Crippen molar-refractivity contribution < 1.29 is 22.4 Å². The molecule has 0 saturated carbocycles. The Kier molecular flexibility index (Phi) is 4.75. The molecule has 2 rings (SSSR count). The summed E-state index contributed by atoms with van der Waals surface area (Å²) in [5.74, 6) is -1.27. The zero-order valence-electron chi connectivity index (χ0n) is 11.3. The first kappa shape index (κ1) is 15.9. The Labute approximate surface area is 124 Å². The first-order chi connectivity index (χ1) is 10.4. The predicted octanol–water partition coefficient (Wildman–Crippen LogP) is 3.21. The number of nitrogens with zero attached hydrogens (tertiary/aromatic N) is 1. The van der Waals surface area contributed by atoms with E-state index in [1.165, 1.54) is 12.1 Å². The first-order valence-electron chi connectivity index (χ1n) is 6.43. The highest BCUT2D eigenvalue weighted by Crippen LogP contribution is 2.30. The molecule has 0 aliphatic heterocycles. The number of nitrogens with one attached hydrogen (secondary N) is 1. The van der Waals surface area contributed by atoms with Gasteiger partial charge in [-0.15, -0.1) is 0 Å². The highest BCUT2D eigenvalue weighted by Gasteiger charge is 2.35. The van der Waals surface area contributed by atoms with Gasteiger partial charge in [0.05, 0.1) is 5.56 Å². The molecular formula is C15H12F4N2O. The molecule has 1 aromatic heterocycles. The van der Waals surface area contributed by atoms with E-state index in [4.69, 9.17) is 0 Å². The van der Waals surface area contributed by atoms with Crippen LogP contribution < -0.4 is 5.32 Å². The summed E-state index contributed by atoms with van der Waals surface area (Å²) in [7, 11) is 0. The van der Waals surface area contributed by atoms with Crippen molar-refractivity contribution in [2.24, 2.45) is 0 Å². The van der Waals surface area contributed by atoms with Crippen LogP contribution in [0.1, 0.15) is 21.6 Å². The Bertz CT molecular complexity index is 653. The van der Waals surface area contributed by atoms with Crippen LogP contribution in [0.4, 0.5) is 17.6 Å². The van der Waals surface area contributed by atoms with Crippen LogP contribution in [0.3, 0.4) is 0 Å². The molecule has 0 spiro atoms. The maximum atomic E-state index is 12.8. The fourth-order valence-electron chi connectivity index (χ4n) is 1.87. The molecule has 2 aromatic rings. The molecule has 0 unspecified atom stereocenters. The number of aromatic nitrogens is 1. The van der Waals surface area contributed by atoms with Crippen LogP contribution in [0.15, 0.2) is 42.6 Å². The Hall–Kier alpha value is -2.44. The summed E-state index contributed by atoms with van der Waals surface area (Å²) in [5, 5.41) is 2.38. The quantitative estimate of drug-likeness (QED) is 0.881. The van der Waals surface area contributed by atoms with Gasteiger partial charge in [-0.1, -0.05) is 12.1 Å². The van der Waals surface area contributed by atoms with Gasteiger partial charge in [-0.2, -0.15) is 13.2 Å². The molecule has 0 aliphatic carbocycles. The molecule has 0 saturated heterocycles. The van der Waals surface area contributed by atoms with E-state index in [0.717, 1.165) is 23.9 Å². The summed E-state index contributed by atoms with van der Waals surface area (Å²) in [4.78, 5) is 15.3. The molecule has 3 nitrogen and oxygen atoms in total. The molecular weight excluding hydrogens is 300 g/mol. The third kappa shape index (κ3) is 4.03. The van der Waals surface area contributed by atoms with E-state index >= 15 is 0 Å². The van der Waals surface area contributed by atoms with E-state index in [1.54, 1.807) is 12.1 Å². The highest BCUT2D eigenvalue weighted by molar-refractivity contribution is 5.93. The number of alkyl halides is 3. The number of carbonyl (C=O) groups excluding carboxylic acids is 1. The van der Waals surface area contributed by atoms with Crippen molar-refractivity contribution in [2.45, 2.75) is 12.6 Å². The normalized spacial score (nSPS) is 11.3. The lowest BCUT2D eigenvalue weighted by atomic mass is 10.1. The lowest BCUT2D eigenvalue weighted by molar-refractivity contribution is -0.138. The fourth-order valence-corrected chi connectivity index (χ4v) is 1.87. The second kappa shape index (κ2) is 6.55. The van der Waals surface area contributed by atoms with Gasteiger partial charge >= 0.3 is 6.18 Å². The van der Waals surface area contributed by atoms with E-state index in [0.29, 0.717) is 6.42 Å². The Balaban J connectivity index is 2.00. The molecule has 1 amide bonds. The smallest absolute Gasteiger partial charge is 0.350 e. The van der Waals surface area contributed by atoms with Crippen molar-refractivity contribution >= 4 is 5.91 Å². The number of hydrogen-bond acceptors (Lipinski definition) is 2. The second-order valence-electron chi connectivity index (χ2n) is 4.53. The van der Waals surface area contributed by atoms with E-state index < -0.39 is 23.3 Å². The summed E-state index contributed by atoms with van der Waals surface area (Å²) in [6.07, 6.45) is -3.14. The summed E-state index contributed by atoms with van der Waals surface area (Å²) in [5.41, 5.74) is -0.970. The molecule has 0 bridgehead atoms. The molecule has 0 fully saturated rings. The molecule has 116 valence electrons. The average Bonchev–Trinajstić information content (AvgIpc) is 2.48. The molecule has 22 heavy (non-hydrogen) atoms. The molecule has 0 aliphatic rings. The molecule has 0 atom stereocenters. The number of benzene rings is 1. The van der Waals surface area contributed by atoms with E-state index in [1.807, 2.05) is 0 Å². The zero-order chi connectivity index (χ0) is 16.2. The van der Waals surface area contributed by atoms with Crippen molar-refractivity contribution in [2.75, 3.05) is 6.54 Å². The van der Waals surface area contributed by atoms with Gasteiger partial charge in [0.25, 0.3) is 5.91 Å². The van der Waals surface area contributed by atoms with Gasteiger partial charge in [0.1, 0.15) is 11.5 Å². The SMILES string of the molecule is O=C(NCCc1ccc(F)cc1)c1ncccc1C(F)(F)F. The average molecular weight is 312 g/mol. The Morgan fingerprint density at radius 3 is 2.45 bits per heavy atom. The second-order valence-corrected chi connectivity index (χ2v) is 4.53. The van der Waals surface area contributed by atoms with Crippen LogP contribution in [0.25, 0.3) is 0 Å². The third-order valence-corrected chi connectivity index (χ3v) is 2.94. The number of pyridine rings is 1. The van der Waals surface area contributed by atoms with Crippen molar-refractivity contribution in [1.29, 1.82) is 0 Å². The Morgan fingerprint density at radius 1 is 1.14 bits per heavy atom. The van der Waals surface area contributed by atoms with Crippen LogP contribution in [0.2, 0.25) is 0 Å². The number of carbonyl (C=O) groups is 1. The minimum atomic E-state index is -4.64. The van der Waals surface area contributed by atoms with Crippen molar-refractivity contribution in [3.05, 3.63) is 65.2 Å². The lowest BCUT2D eigenvalue weighted by Gasteiger charge is -2.11. The first-order valence-corrected chi connectivity index (χ1v) is 6.43. The molecule has 1 heterocycles. The summed E-state index contributed by atoms with van der Waals surface area (Å²) < 4.78 is 51.1. The van der Waals surface area contributed by atoms with Gasteiger partial charge < -0.3 is 5.32 Å². The van der Waals surface area contributed by atoms with Crippen LogP contribution >= 0.6 is 0 Å². The van der Waals surface area contributed by atoms with Gasteiger partial charge in [-0.05, 0) is 36.2 Å². The standard InChI is InChI=1S/C15H12F4N2O/c16-11-5-3-10(4-6-11)7-9-21-14(22)13-12(15(17,18)19)2-1-8-20-13/h1-6,8H,7,9H2,(H,21,22). The van der Waals surface area contributed by atoms with Crippen molar-refractivity contribution in [3.8, 4) is 0 Å². The van der Waals surface area contributed by atoms with Crippen molar-refractivity contribution in [3.63, 3.8) is 0 Å². The minimum Gasteiger partial charge on any atom is -0.350 e. The number of amides is 1. The van der Waals surface area contributed by atoms with Crippen LogP contribution in [0, 0.1) is 5.82 Å². The maximum absolute atomic E-state index is 12.8. The molecule has 1 aromatic carbocycles. The monoisotopic (exact) mass is 312 g/mol. The summed E-state index contributed by atoms with van der Waals surface area (Å²) in [6.45, 7) is 0.123. The summed E-state index contributed by atoms with van der Waals surface area (Å²) >= 11 is 0. The largest absolute Gasteiger partial charge is 0.418 e. The highest BCUT2D eigenvalue weighted by atomic mass is 19.4. The van der Waals surface area contributed by atoms with Crippen molar-refractivity contribution in [1.82, 2.24) is 10.3 Å². The van der Waals surface area contributed by atoms with Crippen LogP contribution in [-0.2, 0) is 12.6 Å². The number of hydrogen-bond donors (Lipinski definition) is 1. The van der Waals surface area contributed by atoms with Gasteiger partial charge in [-0.3, -0.25) is 9.78 Å². The van der Waals surface area contributed by atoms with E-state index in [-0.39, 0.29) is 12.4 Å². The fraction of sp³-hybridized carbons (Fsp3) is 0.200. The molecule has 7 heteroatoms. The topological polar surface area (TPSA) is 42.0 Å². The zero-order valence-corrected chi connectivity index (χ0v) is 11.3. The minimum absolute atomic E-state index is 0.123. The predicted molar refractivity (Wildman–Crippen MR) is 71.7 cm³/mol. The van der Waals surface area contributed by atoms with Gasteiger partial charge in [0, 0.05) is 12.7 Å². The summed E-state index contributed by atoms with van der Waals surface area (Å²) in [6, 6.07) is 7.57. The van der Waals surface area contributed by atoms with E-state index in [2.05, 4.69) is 10.3 Å². The lowest BCUT2D eigenvalue weighted by Crippen LogP contribution is -2.29. The number of rotatable bonds is 4. The van der Waals surface area contributed by atoms with Gasteiger partial charge in [0.15, 0.2) is 0 Å². The van der Waals surface area contributed by atoms with Gasteiger partial charge in [0.2, 0.25) is 0 Å². The third-order valence-electron chi connectivity index (χ3n) is 2.94. The van der Waals surface area contributed by atoms with Crippen LogP contribution in [0.5, 0.6) is 0 Å². The number of halogens is 4. The van der Waals surface area contributed by atoms with Gasteiger partial charge in [-0.25, -0.2) is 4.39 Å². The van der Waals surface area contributed by atoms with E-state index in [9.17, 15) is 22.4 Å². The molecule has 1 N–H and O–H groups in total. The van der Waals surface area contributed by atoms with Crippen LogP contribution in [-0.4, -0.2) is 17.4 Å². The molecule has 0 radical (unpaired) electrons. The Morgan fingerprint density at radius 2 is 1.82 bits per heavy atom. The maximum Gasteiger partial charge on any atom is 0.418 e.